The van der Waals surface area contributed by atoms with E-state index >= 15 is 0 Å². The molecule has 0 saturated carbocycles. The van der Waals surface area contributed by atoms with Crippen LogP contribution in [0.15, 0.2) is 18.2 Å². The zero-order valence-electron chi connectivity index (χ0n) is 11.1. The first-order valence-corrected chi connectivity index (χ1v) is 6.91. The minimum Gasteiger partial charge on any atom is -0.311 e. The Kier molecular flexibility index (Phi) is 4.57. The summed E-state index contributed by atoms with van der Waals surface area (Å²) in [5.74, 6) is -0.0462. The molecular formula is C13H16ClN3O3. The molecule has 0 spiro atoms. The molecule has 1 amide bonds. The van der Waals surface area contributed by atoms with Crippen molar-refractivity contribution in [2.24, 2.45) is 0 Å². The summed E-state index contributed by atoms with van der Waals surface area (Å²) in [6, 6.07) is 4.23. The lowest BCUT2D eigenvalue weighted by Gasteiger charge is -2.17. The summed E-state index contributed by atoms with van der Waals surface area (Å²) in [5.41, 5.74) is 0.342. The van der Waals surface area contributed by atoms with Gasteiger partial charge in [0.15, 0.2) is 0 Å². The van der Waals surface area contributed by atoms with Gasteiger partial charge in [0.2, 0.25) is 5.91 Å². The van der Waals surface area contributed by atoms with E-state index in [0.717, 1.165) is 13.0 Å². The second-order valence-electron chi connectivity index (χ2n) is 4.68. The number of hydrogen-bond donors (Lipinski definition) is 1. The second-order valence-corrected chi connectivity index (χ2v) is 5.09. The van der Waals surface area contributed by atoms with Gasteiger partial charge in [0.25, 0.3) is 5.69 Å². The van der Waals surface area contributed by atoms with Crippen LogP contribution < -0.4 is 10.2 Å². The summed E-state index contributed by atoms with van der Waals surface area (Å²) in [6.07, 6.45) is 1.66. The van der Waals surface area contributed by atoms with Gasteiger partial charge in [-0.1, -0.05) is 18.5 Å². The zero-order valence-corrected chi connectivity index (χ0v) is 11.9. The molecule has 1 unspecified atom stereocenters. The molecule has 1 aliphatic rings. The van der Waals surface area contributed by atoms with Gasteiger partial charge >= 0.3 is 0 Å². The summed E-state index contributed by atoms with van der Waals surface area (Å²) in [6.45, 7) is 3.37. The number of halogens is 1. The Balaban J connectivity index is 2.19. The number of hydrogen-bond acceptors (Lipinski definition) is 4. The summed E-state index contributed by atoms with van der Waals surface area (Å²) in [4.78, 5) is 24.1. The lowest BCUT2D eigenvalue weighted by atomic mass is 10.2. The highest BCUT2D eigenvalue weighted by Gasteiger charge is 2.32. The number of nitrogens with one attached hydrogen (secondary N) is 1. The number of nitro groups is 1. The van der Waals surface area contributed by atoms with Gasteiger partial charge in [0, 0.05) is 12.6 Å². The highest BCUT2D eigenvalue weighted by Crippen LogP contribution is 2.31. The molecule has 1 atom stereocenters. The fraction of sp³-hybridized carbons (Fsp3) is 0.462. The van der Waals surface area contributed by atoms with Crippen molar-refractivity contribution in [3.63, 3.8) is 0 Å². The molecule has 20 heavy (non-hydrogen) atoms. The van der Waals surface area contributed by atoms with Crippen LogP contribution in [0.1, 0.15) is 19.8 Å². The maximum absolute atomic E-state index is 12.2. The normalized spacial score (nSPS) is 18.6. The van der Waals surface area contributed by atoms with E-state index in [1.54, 1.807) is 11.0 Å². The van der Waals surface area contributed by atoms with Crippen LogP contribution in [0.3, 0.4) is 0 Å². The summed E-state index contributed by atoms with van der Waals surface area (Å²) < 4.78 is 0. The van der Waals surface area contributed by atoms with Crippen molar-refractivity contribution in [3.05, 3.63) is 33.3 Å². The number of amides is 1. The topological polar surface area (TPSA) is 75.5 Å². The monoisotopic (exact) mass is 297 g/mol. The number of nitrogens with zero attached hydrogens (tertiary/aromatic N) is 2. The standard InChI is InChI=1S/C13H16ClN3O3/c1-2-6-15-11-5-7-16(13(11)18)9-3-4-10(14)12(8-9)17(19)20/h3-4,8,11,15H,2,5-7H2,1H3. The van der Waals surface area contributed by atoms with Gasteiger partial charge in [-0.2, -0.15) is 0 Å². The number of anilines is 1. The molecule has 0 aliphatic carbocycles. The van der Waals surface area contributed by atoms with E-state index in [2.05, 4.69) is 5.32 Å². The fourth-order valence-electron chi connectivity index (χ4n) is 2.25. The van der Waals surface area contributed by atoms with Crippen molar-refractivity contribution in [3.8, 4) is 0 Å². The van der Waals surface area contributed by atoms with E-state index in [9.17, 15) is 14.9 Å². The average molecular weight is 298 g/mol. The van der Waals surface area contributed by atoms with Gasteiger partial charge in [-0.25, -0.2) is 0 Å². The number of carbonyl (C=O) groups is 1. The number of benzene rings is 1. The molecule has 108 valence electrons. The van der Waals surface area contributed by atoms with Crippen LogP contribution in [0.4, 0.5) is 11.4 Å². The third-order valence-electron chi connectivity index (χ3n) is 3.28. The maximum Gasteiger partial charge on any atom is 0.289 e. The molecule has 1 N–H and O–H groups in total. The highest BCUT2D eigenvalue weighted by atomic mass is 35.5. The van der Waals surface area contributed by atoms with Gasteiger partial charge in [-0.15, -0.1) is 0 Å². The highest BCUT2D eigenvalue weighted by molar-refractivity contribution is 6.32. The largest absolute Gasteiger partial charge is 0.311 e. The number of rotatable bonds is 5. The first kappa shape index (κ1) is 14.7. The van der Waals surface area contributed by atoms with E-state index in [4.69, 9.17) is 11.6 Å². The van der Waals surface area contributed by atoms with Crippen molar-refractivity contribution < 1.29 is 9.72 Å². The second kappa shape index (κ2) is 6.19. The van der Waals surface area contributed by atoms with Crippen LogP contribution in [-0.2, 0) is 4.79 Å². The summed E-state index contributed by atoms with van der Waals surface area (Å²) >= 11 is 5.77. The fourth-order valence-corrected chi connectivity index (χ4v) is 2.44. The lowest BCUT2D eigenvalue weighted by Crippen LogP contribution is -2.38. The maximum atomic E-state index is 12.2. The van der Waals surface area contributed by atoms with Crippen molar-refractivity contribution >= 4 is 28.9 Å². The first-order chi connectivity index (χ1) is 9.54. The van der Waals surface area contributed by atoms with E-state index < -0.39 is 4.92 Å². The van der Waals surface area contributed by atoms with Gasteiger partial charge < -0.3 is 10.2 Å². The molecule has 1 aromatic carbocycles. The summed E-state index contributed by atoms with van der Waals surface area (Å²) in [7, 11) is 0. The van der Waals surface area contributed by atoms with Crippen LogP contribution in [-0.4, -0.2) is 30.0 Å². The average Bonchev–Trinajstić information content (AvgIpc) is 2.78. The van der Waals surface area contributed by atoms with Crippen molar-refractivity contribution in [2.45, 2.75) is 25.8 Å². The third kappa shape index (κ3) is 2.91. The third-order valence-corrected chi connectivity index (χ3v) is 3.60. The van der Waals surface area contributed by atoms with E-state index in [0.29, 0.717) is 18.7 Å². The Hall–Kier alpha value is -1.66. The van der Waals surface area contributed by atoms with E-state index in [1.807, 2.05) is 6.92 Å². The molecular weight excluding hydrogens is 282 g/mol. The van der Waals surface area contributed by atoms with Crippen molar-refractivity contribution in [1.82, 2.24) is 5.32 Å². The molecule has 1 saturated heterocycles. The Bertz CT molecular complexity index is 536. The van der Waals surface area contributed by atoms with E-state index in [1.165, 1.54) is 12.1 Å². The smallest absolute Gasteiger partial charge is 0.289 e. The molecule has 0 radical (unpaired) electrons. The minimum absolute atomic E-state index is 0.0462. The van der Waals surface area contributed by atoms with Crippen LogP contribution in [0.25, 0.3) is 0 Å². The molecule has 0 bridgehead atoms. The molecule has 6 nitrogen and oxygen atoms in total. The van der Waals surface area contributed by atoms with Crippen LogP contribution in [0.2, 0.25) is 5.02 Å². The zero-order chi connectivity index (χ0) is 14.7. The van der Waals surface area contributed by atoms with Crippen LogP contribution >= 0.6 is 11.6 Å². The van der Waals surface area contributed by atoms with Crippen molar-refractivity contribution in [2.75, 3.05) is 18.0 Å². The van der Waals surface area contributed by atoms with Gasteiger partial charge in [0.1, 0.15) is 5.02 Å². The summed E-state index contributed by atoms with van der Waals surface area (Å²) in [5, 5.41) is 14.1. The molecule has 1 fully saturated rings. The molecule has 2 rings (SSSR count). The number of carbonyl (C=O) groups excluding carboxylic acids is 1. The van der Waals surface area contributed by atoms with Gasteiger partial charge in [0.05, 0.1) is 16.7 Å². The predicted octanol–water partition coefficient (Wildman–Crippen LogP) is 2.35. The van der Waals surface area contributed by atoms with Gasteiger partial charge in [-0.05, 0) is 31.5 Å². The Morgan fingerprint density at radius 3 is 2.95 bits per heavy atom. The Morgan fingerprint density at radius 2 is 2.30 bits per heavy atom. The molecule has 1 aromatic rings. The lowest BCUT2D eigenvalue weighted by molar-refractivity contribution is -0.384. The van der Waals surface area contributed by atoms with Crippen LogP contribution in [0, 0.1) is 10.1 Å². The van der Waals surface area contributed by atoms with E-state index in [-0.39, 0.29) is 22.7 Å². The van der Waals surface area contributed by atoms with Crippen LogP contribution in [0.5, 0.6) is 0 Å². The molecule has 1 heterocycles. The Labute approximate surface area is 121 Å². The molecule has 1 aliphatic heterocycles. The quantitative estimate of drug-likeness (QED) is 0.668. The first-order valence-electron chi connectivity index (χ1n) is 6.53. The van der Waals surface area contributed by atoms with Gasteiger partial charge in [-0.3, -0.25) is 14.9 Å². The van der Waals surface area contributed by atoms with Crippen molar-refractivity contribution in [1.29, 1.82) is 0 Å². The minimum atomic E-state index is -0.542. The SMILES string of the molecule is CCCNC1CCN(c2ccc(Cl)c([N+](=O)[O-])c2)C1=O. The molecule has 0 aromatic heterocycles. The Morgan fingerprint density at radius 1 is 1.55 bits per heavy atom. The number of nitro benzene ring substituents is 1. The molecule has 7 heteroatoms. The predicted molar refractivity (Wildman–Crippen MR) is 77.2 cm³/mol.